The zero-order valence-electron chi connectivity index (χ0n) is 15.4. The third-order valence-electron chi connectivity index (χ3n) is 4.78. The largest absolute Gasteiger partial charge is 0.354 e. The molecule has 0 aromatic carbocycles. The number of piperidine rings is 1. The van der Waals surface area contributed by atoms with Crippen molar-refractivity contribution in [1.82, 2.24) is 29.8 Å². The molecule has 11 nitrogen and oxygen atoms in total. The summed E-state index contributed by atoms with van der Waals surface area (Å²) >= 11 is 0. The second-order valence-electron chi connectivity index (χ2n) is 6.76. The molecule has 12 heteroatoms. The van der Waals surface area contributed by atoms with Crippen molar-refractivity contribution < 1.29 is 22.8 Å². The minimum atomic E-state index is -3.54. The van der Waals surface area contributed by atoms with Crippen molar-refractivity contribution in [3.8, 4) is 0 Å². The third kappa shape index (κ3) is 4.44. The number of carbonyl (C=O) groups excluding carboxylic acids is 3. The Labute approximate surface area is 162 Å². The molecule has 3 heterocycles. The SMILES string of the molecule is CS(=O)(=O)N1CCN(C(=O)c2cncnc2)[C@@H](C(=O)N[C@H]2CCCNC2=O)C1. The first-order valence-corrected chi connectivity index (χ1v) is 10.7. The molecule has 2 fully saturated rings. The summed E-state index contributed by atoms with van der Waals surface area (Å²) < 4.78 is 25.1. The molecule has 2 N–H and O–H groups in total. The monoisotopic (exact) mass is 410 g/mol. The molecule has 1 aromatic heterocycles. The number of hydrogen-bond donors (Lipinski definition) is 2. The van der Waals surface area contributed by atoms with Crippen molar-refractivity contribution in [2.24, 2.45) is 0 Å². The van der Waals surface area contributed by atoms with E-state index in [1.807, 2.05) is 0 Å². The van der Waals surface area contributed by atoms with E-state index in [1.54, 1.807) is 0 Å². The zero-order valence-corrected chi connectivity index (χ0v) is 16.2. The van der Waals surface area contributed by atoms with Gasteiger partial charge in [-0.2, -0.15) is 4.31 Å². The molecule has 2 aliphatic heterocycles. The molecule has 3 amide bonds. The molecule has 152 valence electrons. The van der Waals surface area contributed by atoms with Crippen LogP contribution in [0.5, 0.6) is 0 Å². The van der Waals surface area contributed by atoms with Gasteiger partial charge in [0.05, 0.1) is 11.8 Å². The molecule has 0 spiro atoms. The molecule has 0 aliphatic carbocycles. The van der Waals surface area contributed by atoms with Crippen LogP contribution in [0.4, 0.5) is 0 Å². The number of nitrogens with one attached hydrogen (secondary N) is 2. The molecule has 0 radical (unpaired) electrons. The van der Waals surface area contributed by atoms with Crippen molar-refractivity contribution in [2.75, 3.05) is 32.4 Å². The predicted molar refractivity (Wildman–Crippen MR) is 97.4 cm³/mol. The molecule has 28 heavy (non-hydrogen) atoms. The summed E-state index contributed by atoms with van der Waals surface area (Å²) in [5, 5.41) is 5.33. The maximum Gasteiger partial charge on any atom is 0.257 e. The van der Waals surface area contributed by atoms with Crippen LogP contribution in [-0.2, 0) is 19.6 Å². The van der Waals surface area contributed by atoms with Crippen molar-refractivity contribution in [3.05, 3.63) is 24.3 Å². The topological polar surface area (TPSA) is 142 Å². The van der Waals surface area contributed by atoms with E-state index >= 15 is 0 Å². The highest BCUT2D eigenvalue weighted by Crippen LogP contribution is 2.17. The summed E-state index contributed by atoms with van der Waals surface area (Å²) in [6.45, 7) is 0.481. The van der Waals surface area contributed by atoms with Crippen LogP contribution in [0.2, 0.25) is 0 Å². The molecule has 3 rings (SSSR count). The maximum atomic E-state index is 12.9. The number of sulfonamides is 1. The van der Waals surface area contributed by atoms with Crippen LogP contribution in [0, 0.1) is 0 Å². The van der Waals surface area contributed by atoms with Gasteiger partial charge in [-0.15, -0.1) is 0 Å². The minimum Gasteiger partial charge on any atom is -0.354 e. The summed E-state index contributed by atoms with van der Waals surface area (Å²) in [5.41, 5.74) is 0.198. The van der Waals surface area contributed by atoms with Crippen molar-refractivity contribution in [2.45, 2.75) is 24.9 Å². The van der Waals surface area contributed by atoms with Gasteiger partial charge in [-0.25, -0.2) is 18.4 Å². The molecule has 0 unspecified atom stereocenters. The van der Waals surface area contributed by atoms with Crippen LogP contribution >= 0.6 is 0 Å². The van der Waals surface area contributed by atoms with Gasteiger partial charge in [-0.05, 0) is 12.8 Å². The molecule has 1 aromatic rings. The van der Waals surface area contributed by atoms with Crippen molar-refractivity contribution in [3.63, 3.8) is 0 Å². The number of aromatic nitrogens is 2. The first-order chi connectivity index (χ1) is 13.3. The fraction of sp³-hybridized carbons (Fsp3) is 0.562. The Morgan fingerprint density at radius 2 is 1.96 bits per heavy atom. The van der Waals surface area contributed by atoms with E-state index in [0.717, 1.165) is 17.0 Å². The van der Waals surface area contributed by atoms with Crippen LogP contribution < -0.4 is 10.6 Å². The molecule has 0 saturated carbocycles. The lowest BCUT2D eigenvalue weighted by molar-refractivity contribution is -0.133. The van der Waals surface area contributed by atoms with E-state index in [1.165, 1.54) is 23.6 Å². The van der Waals surface area contributed by atoms with Crippen LogP contribution in [0.3, 0.4) is 0 Å². The Hall–Kier alpha value is -2.60. The Morgan fingerprint density at radius 3 is 2.61 bits per heavy atom. The highest BCUT2D eigenvalue weighted by atomic mass is 32.2. The Balaban J connectivity index is 1.82. The van der Waals surface area contributed by atoms with E-state index < -0.39 is 33.9 Å². The Morgan fingerprint density at radius 1 is 1.25 bits per heavy atom. The fourth-order valence-corrected chi connectivity index (χ4v) is 4.10. The molecule has 2 saturated heterocycles. The van der Waals surface area contributed by atoms with Gasteiger partial charge in [0.1, 0.15) is 18.4 Å². The van der Waals surface area contributed by atoms with E-state index in [-0.39, 0.29) is 31.1 Å². The zero-order chi connectivity index (χ0) is 20.3. The minimum absolute atomic E-state index is 0.0374. The summed E-state index contributed by atoms with van der Waals surface area (Å²) in [4.78, 5) is 46.6. The highest BCUT2D eigenvalue weighted by Gasteiger charge is 2.40. The summed E-state index contributed by atoms with van der Waals surface area (Å²) in [7, 11) is -3.54. The van der Waals surface area contributed by atoms with Crippen molar-refractivity contribution in [1.29, 1.82) is 0 Å². The molecule has 0 bridgehead atoms. The van der Waals surface area contributed by atoms with Crippen molar-refractivity contribution >= 4 is 27.7 Å². The standard InChI is InChI=1S/C16H22N6O5S/c1-28(26,27)21-5-6-22(16(25)11-7-17-10-18-8-11)13(9-21)15(24)20-12-3-2-4-19-14(12)23/h7-8,10,12-13H,2-6,9H2,1H3,(H,19,23)(H,20,24)/t12-,13+/m0/s1. The number of amides is 3. The lowest BCUT2D eigenvalue weighted by Gasteiger charge is -2.40. The second kappa shape index (κ2) is 8.19. The van der Waals surface area contributed by atoms with Crippen LogP contribution in [0.1, 0.15) is 23.2 Å². The Kier molecular flexibility index (Phi) is 5.89. The van der Waals surface area contributed by atoms with E-state index in [0.29, 0.717) is 13.0 Å². The van der Waals surface area contributed by atoms with Crippen LogP contribution in [-0.4, -0.2) is 89.8 Å². The quantitative estimate of drug-likeness (QED) is 0.582. The number of carbonyl (C=O) groups is 3. The fourth-order valence-electron chi connectivity index (χ4n) is 3.28. The van der Waals surface area contributed by atoms with Crippen LogP contribution in [0.15, 0.2) is 18.7 Å². The predicted octanol–water partition coefficient (Wildman–Crippen LogP) is -2.04. The van der Waals surface area contributed by atoms with Gasteiger partial charge >= 0.3 is 0 Å². The lowest BCUT2D eigenvalue weighted by atomic mass is 10.1. The number of nitrogens with zero attached hydrogens (tertiary/aromatic N) is 4. The number of piperazine rings is 1. The summed E-state index contributed by atoms with van der Waals surface area (Å²) in [6.07, 6.45) is 6.22. The average Bonchev–Trinajstić information content (AvgIpc) is 2.68. The average molecular weight is 410 g/mol. The molecule has 2 atom stereocenters. The summed E-state index contributed by atoms with van der Waals surface area (Å²) in [6, 6.07) is -1.77. The van der Waals surface area contributed by atoms with E-state index in [4.69, 9.17) is 0 Å². The van der Waals surface area contributed by atoms with Gasteiger partial charge in [0, 0.05) is 38.6 Å². The molecular weight excluding hydrogens is 388 g/mol. The van der Waals surface area contributed by atoms with Gasteiger partial charge in [0.2, 0.25) is 21.8 Å². The van der Waals surface area contributed by atoms with E-state index in [9.17, 15) is 22.8 Å². The van der Waals surface area contributed by atoms with Crippen LogP contribution in [0.25, 0.3) is 0 Å². The van der Waals surface area contributed by atoms with Gasteiger partial charge in [-0.1, -0.05) is 0 Å². The molecular formula is C16H22N6O5S. The maximum absolute atomic E-state index is 12.9. The number of rotatable bonds is 4. The first kappa shape index (κ1) is 20.1. The normalized spacial score (nSPS) is 23.8. The Bertz CT molecular complexity index is 862. The van der Waals surface area contributed by atoms with Gasteiger partial charge in [0.15, 0.2) is 0 Å². The number of hydrogen-bond acceptors (Lipinski definition) is 7. The second-order valence-corrected chi connectivity index (χ2v) is 8.74. The third-order valence-corrected chi connectivity index (χ3v) is 6.05. The highest BCUT2D eigenvalue weighted by molar-refractivity contribution is 7.88. The smallest absolute Gasteiger partial charge is 0.257 e. The lowest BCUT2D eigenvalue weighted by Crippen LogP contribution is -2.63. The van der Waals surface area contributed by atoms with Gasteiger partial charge < -0.3 is 15.5 Å². The van der Waals surface area contributed by atoms with Gasteiger partial charge in [-0.3, -0.25) is 14.4 Å². The van der Waals surface area contributed by atoms with Gasteiger partial charge in [0.25, 0.3) is 5.91 Å². The first-order valence-electron chi connectivity index (χ1n) is 8.86. The summed E-state index contributed by atoms with van der Waals surface area (Å²) in [5.74, 6) is -1.33. The van der Waals surface area contributed by atoms with E-state index in [2.05, 4.69) is 20.6 Å². The molecule has 2 aliphatic rings.